The van der Waals surface area contributed by atoms with Crippen molar-refractivity contribution in [2.45, 2.75) is 0 Å². The molecular formula is C14H6BrF4NO2S. The van der Waals surface area contributed by atoms with Crippen LogP contribution in [0.25, 0.3) is 5.57 Å². The highest BCUT2D eigenvalue weighted by atomic mass is 79.9. The minimum Gasteiger partial charge on any atom is -0.465 e. The average molecular weight is 408 g/mol. The van der Waals surface area contributed by atoms with E-state index in [0.717, 1.165) is 19.3 Å². The van der Waals surface area contributed by atoms with Crippen molar-refractivity contribution in [3.63, 3.8) is 0 Å². The summed E-state index contributed by atoms with van der Waals surface area (Å²) >= 11 is 7.26. The van der Waals surface area contributed by atoms with E-state index in [1.54, 1.807) is 0 Å². The number of carbonyl (C=O) groups is 1. The van der Waals surface area contributed by atoms with Crippen LogP contribution in [0.3, 0.4) is 0 Å². The van der Waals surface area contributed by atoms with Gasteiger partial charge >= 0.3 is 5.97 Å². The molecule has 1 aliphatic rings. The van der Waals surface area contributed by atoms with E-state index in [1.807, 2.05) is 0 Å². The summed E-state index contributed by atoms with van der Waals surface area (Å²) in [6.07, 6.45) is 1.82. The highest BCUT2D eigenvalue weighted by Crippen LogP contribution is 2.34. The van der Waals surface area contributed by atoms with Gasteiger partial charge in [-0.15, -0.1) is 0 Å². The molecule has 0 saturated carbocycles. The molecule has 0 unspecified atom stereocenters. The Morgan fingerprint density at radius 2 is 1.65 bits per heavy atom. The van der Waals surface area contributed by atoms with E-state index in [9.17, 15) is 22.4 Å². The molecule has 0 bridgehead atoms. The molecule has 3 nitrogen and oxygen atoms in total. The fourth-order valence-electron chi connectivity index (χ4n) is 1.89. The number of carbonyl (C=O) groups excluding carboxylic acids is 1. The van der Waals surface area contributed by atoms with Gasteiger partial charge in [0, 0.05) is 0 Å². The van der Waals surface area contributed by atoms with Crippen LogP contribution in [0.15, 0.2) is 22.2 Å². The first-order chi connectivity index (χ1) is 10.7. The first-order valence-electron chi connectivity index (χ1n) is 5.87. The van der Waals surface area contributed by atoms with Crippen LogP contribution in [-0.2, 0) is 9.53 Å². The van der Waals surface area contributed by atoms with Crippen molar-refractivity contribution in [3.8, 4) is 0 Å². The monoisotopic (exact) mass is 407 g/mol. The standard InChI is InChI=1S/C14H6BrF4NO2S/c1-22-14(21)5-2-4(3-6(20)13(5)23)7-9(16)11(18)8(15)12(19)10(7)17/h2-3,20H,1H3. The quantitative estimate of drug-likeness (QED) is 0.266. The van der Waals surface area contributed by atoms with Crippen LogP contribution in [0, 0.1) is 28.7 Å². The molecule has 0 amide bonds. The zero-order chi connectivity index (χ0) is 17.5. The van der Waals surface area contributed by atoms with Gasteiger partial charge in [0.25, 0.3) is 0 Å². The van der Waals surface area contributed by atoms with Crippen LogP contribution in [-0.4, -0.2) is 23.7 Å². The third-order valence-corrected chi connectivity index (χ3v) is 4.13. The lowest BCUT2D eigenvalue weighted by atomic mass is 9.92. The van der Waals surface area contributed by atoms with Crippen LogP contribution in [0.4, 0.5) is 17.6 Å². The Hall–Kier alpha value is -1.87. The lowest BCUT2D eigenvalue weighted by Crippen LogP contribution is -2.22. The van der Waals surface area contributed by atoms with Crippen molar-refractivity contribution in [2.24, 2.45) is 0 Å². The zero-order valence-electron chi connectivity index (χ0n) is 11.3. The van der Waals surface area contributed by atoms with Crippen molar-refractivity contribution in [3.05, 3.63) is 51.0 Å². The molecule has 0 fully saturated rings. The molecule has 0 saturated heterocycles. The van der Waals surface area contributed by atoms with Crippen LogP contribution >= 0.6 is 28.1 Å². The number of hydrogen-bond donors (Lipinski definition) is 1. The topological polar surface area (TPSA) is 50.2 Å². The predicted octanol–water partition coefficient (Wildman–Crippen LogP) is 3.89. The Bertz CT molecular complexity index is 804. The summed E-state index contributed by atoms with van der Waals surface area (Å²) in [6.45, 7) is 0. The van der Waals surface area contributed by atoms with E-state index in [0.29, 0.717) is 0 Å². The van der Waals surface area contributed by atoms with E-state index in [-0.39, 0.29) is 10.4 Å². The maximum absolute atomic E-state index is 14.0. The van der Waals surface area contributed by atoms with Crippen molar-refractivity contribution in [1.29, 1.82) is 5.41 Å². The van der Waals surface area contributed by atoms with Crippen LogP contribution in [0.5, 0.6) is 0 Å². The third-order valence-electron chi connectivity index (χ3n) is 2.99. The van der Waals surface area contributed by atoms with E-state index in [4.69, 9.17) is 17.6 Å². The minimum atomic E-state index is -1.66. The maximum Gasteiger partial charge on any atom is 0.339 e. The Kier molecular flexibility index (Phi) is 4.81. The number of thiocarbonyl (C=S) groups is 1. The van der Waals surface area contributed by atoms with Gasteiger partial charge in [-0.25, -0.2) is 22.4 Å². The second-order valence-electron chi connectivity index (χ2n) is 4.34. The number of nitrogens with one attached hydrogen (secondary N) is 1. The Morgan fingerprint density at radius 3 is 2.13 bits per heavy atom. The van der Waals surface area contributed by atoms with Crippen molar-refractivity contribution in [2.75, 3.05) is 7.11 Å². The van der Waals surface area contributed by atoms with E-state index >= 15 is 0 Å². The summed E-state index contributed by atoms with van der Waals surface area (Å²) in [5.41, 5.74) is -2.19. The van der Waals surface area contributed by atoms with Crippen molar-refractivity contribution >= 4 is 50.3 Å². The number of hydrogen-bond acceptors (Lipinski definition) is 4. The molecule has 2 rings (SSSR count). The van der Waals surface area contributed by atoms with Gasteiger partial charge < -0.3 is 4.74 Å². The third kappa shape index (κ3) is 2.86. The minimum absolute atomic E-state index is 0.209. The summed E-state index contributed by atoms with van der Waals surface area (Å²) < 4.78 is 58.8. The molecule has 23 heavy (non-hydrogen) atoms. The number of ether oxygens (including phenoxy) is 1. The van der Waals surface area contributed by atoms with Gasteiger partial charge in [-0.1, -0.05) is 12.2 Å². The van der Waals surface area contributed by atoms with E-state index in [1.165, 1.54) is 0 Å². The van der Waals surface area contributed by atoms with Crippen LogP contribution in [0.2, 0.25) is 0 Å². The van der Waals surface area contributed by atoms with Gasteiger partial charge in [0.2, 0.25) is 0 Å². The van der Waals surface area contributed by atoms with Gasteiger partial charge in [0.15, 0.2) is 23.3 Å². The smallest absolute Gasteiger partial charge is 0.339 e. The Labute approximate surface area is 141 Å². The van der Waals surface area contributed by atoms with Gasteiger partial charge in [0.1, 0.15) is 0 Å². The van der Waals surface area contributed by atoms with Crippen LogP contribution < -0.4 is 0 Å². The molecule has 0 aliphatic heterocycles. The number of halogens is 5. The Balaban J connectivity index is 2.75. The largest absolute Gasteiger partial charge is 0.465 e. The highest BCUT2D eigenvalue weighted by molar-refractivity contribution is 9.10. The number of benzene rings is 1. The highest BCUT2D eigenvalue weighted by Gasteiger charge is 2.29. The second-order valence-corrected chi connectivity index (χ2v) is 5.54. The number of methoxy groups -OCH3 is 1. The summed E-state index contributed by atoms with van der Waals surface area (Å²) in [6, 6.07) is 0. The van der Waals surface area contributed by atoms with E-state index in [2.05, 4.69) is 20.7 Å². The van der Waals surface area contributed by atoms with Gasteiger partial charge in [-0.3, -0.25) is 5.41 Å². The lowest BCUT2D eigenvalue weighted by Gasteiger charge is -2.16. The molecule has 0 atom stereocenters. The van der Waals surface area contributed by atoms with Gasteiger partial charge in [0.05, 0.1) is 33.3 Å². The summed E-state index contributed by atoms with van der Waals surface area (Å²) in [7, 11) is 1.05. The first kappa shape index (κ1) is 17.5. The molecule has 1 aromatic carbocycles. The maximum atomic E-state index is 14.0. The fourth-order valence-corrected chi connectivity index (χ4v) is 2.44. The van der Waals surface area contributed by atoms with Gasteiger partial charge in [-0.05, 0) is 33.7 Å². The molecule has 1 aliphatic carbocycles. The summed E-state index contributed by atoms with van der Waals surface area (Å²) in [5.74, 6) is -7.53. The molecule has 1 N–H and O–H groups in total. The molecule has 0 heterocycles. The lowest BCUT2D eigenvalue weighted by molar-refractivity contribution is -0.135. The predicted molar refractivity (Wildman–Crippen MR) is 82.4 cm³/mol. The summed E-state index contributed by atoms with van der Waals surface area (Å²) in [4.78, 5) is 11.4. The second kappa shape index (κ2) is 6.32. The molecule has 1 aromatic rings. The molecule has 120 valence electrons. The molecular weight excluding hydrogens is 402 g/mol. The molecule has 0 spiro atoms. The number of rotatable bonds is 2. The normalized spacial score (nSPS) is 14.5. The number of allylic oxidation sites excluding steroid dienone is 3. The van der Waals surface area contributed by atoms with Crippen LogP contribution in [0.1, 0.15) is 5.56 Å². The Morgan fingerprint density at radius 1 is 1.13 bits per heavy atom. The SMILES string of the molecule is COC(=O)C1=CC(c2c(F)c(F)c(Br)c(F)c2F)=CC(=N)C1=S. The van der Waals surface area contributed by atoms with Gasteiger partial charge in [-0.2, -0.15) is 0 Å². The molecule has 9 heteroatoms. The fraction of sp³-hybridized carbons (Fsp3) is 0.0714. The zero-order valence-corrected chi connectivity index (χ0v) is 13.7. The molecule has 0 radical (unpaired) electrons. The van der Waals surface area contributed by atoms with E-state index < -0.39 is 50.6 Å². The average Bonchev–Trinajstić information content (AvgIpc) is 2.53. The molecule has 0 aromatic heterocycles. The summed E-state index contributed by atoms with van der Waals surface area (Å²) in [5, 5.41) is 7.66. The number of esters is 1. The van der Waals surface area contributed by atoms with Crippen molar-refractivity contribution < 1.29 is 27.1 Å². The first-order valence-corrected chi connectivity index (χ1v) is 7.07. The van der Waals surface area contributed by atoms with Crippen molar-refractivity contribution in [1.82, 2.24) is 0 Å².